The van der Waals surface area contributed by atoms with Crippen LogP contribution in [0.5, 0.6) is 0 Å². The molecular weight excluding hydrogens is 288 g/mol. The van der Waals surface area contributed by atoms with E-state index in [0.29, 0.717) is 18.8 Å². The Balaban J connectivity index is 0.00000112. The predicted octanol–water partition coefficient (Wildman–Crippen LogP) is 4.05. The molecule has 1 saturated heterocycles. The van der Waals surface area contributed by atoms with E-state index in [4.69, 9.17) is 0 Å². The molecule has 2 rings (SSSR count). The Hall–Kier alpha value is -2.10. The summed E-state index contributed by atoms with van der Waals surface area (Å²) in [6.45, 7) is 16.9. The second-order valence-electron chi connectivity index (χ2n) is 4.75. The molecule has 1 amide bonds. The van der Waals surface area contributed by atoms with E-state index < -0.39 is 0 Å². The van der Waals surface area contributed by atoms with E-state index in [2.05, 4.69) is 18.1 Å². The first kappa shape index (κ1) is 20.9. The van der Waals surface area contributed by atoms with Gasteiger partial charge in [-0.25, -0.2) is 0 Å². The van der Waals surface area contributed by atoms with E-state index in [1.165, 1.54) is 0 Å². The maximum atomic E-state index is 12.1. The Labute approximate surface area is 139 Å². The van der Waals surface area contributed by atoms with Crippen LogP contribution in [0.15, 0.2) is 24.0 Å². The number of likely N-dealkylation sites (tertiary alicyclic amines) is 1. The normalized spacial score (nSPS) is 13.8. The number of piperidine rings is 1. The lowest BCUT2D eigenvalue weighted by Crippen LogP contribution is -2.33. The minimum absolute atomic E-state index is 0.0648. The van der Waals surface area contributed by atoms with Crippen molar-refractivity contribution in [2.45, 2.75) is 46.5 Å². The number of H-pyrrole nitrogens is 1. The average Bonchev–Trinajstić information content (AvgIpc) is 2.65. The summed E-state index contributed by atoms with van der Waals surface area (Å²) in [5.74, 6) is 0.206. The van der Waals surface area contributed by atoms with Crippen molar-refractivity contribution in [1.82, 2.24) is 9.88 Å². The van der Waals surface area contributed by atoms with Gasteiger partial charge in [0.2, 0.25) is 6.41 Å². The molecule has 4 nitrogen and oxygen atoms in total. The molecule has 0 unspecified atom stereocenters. The molecule has 0 aliphatic carbocycles. The van der Waals surface area contributed by atoms with Crippen molar-refractivity contribution in [3.05, 3.63) is 46.4 Å². The first-order chi connectivity index (χ1) is 11.2. The van der Waals surface area contributed by atoms with Gasteiger partial charge in [0.1, 0.15) is 0 Å². The van der Waals surface area contributed by atoms with Crippen molar-refractivity contribution in [2.24, 2.45) is 0 Å². The summed E-state index contributed by atoms with van der Waals surface area (Å²) in [5, 5.41) is 0. The predicted molar refractivity (Wildman–Crippen MR) is 99.6 cm³/mol. The van der Waals surface area contributed by atoms with Crippen LogP contribution >= 0.6 is 0 Å². The number of pyridine rings is 1. The smallest absolute Gasteiger partial charge is 0.251 e. The van der Waals surface area contributed by atoms with Gasteiger partial charge >= 0.3 is 0 Å². The van der Waals surface area contributed by atoms with Gasteiger partial charge in [-0.3, -0.25) is 9.59 Å². The Morgan fingerprint density at radius 3 is 2.13 bits per heavy atom. The van der Waals surface area contributed by atoms with Gasteiger partial charge in [-0.15, -0.1) is 0 Å². The van der Waals surface area contributed by atoms with E-state index in [0.717, 1.165) is 30.4 Å². The third-order valence-corrected chi connectivity index (χ3v) is 3.67. The summed E-state index contributed by atoms with van der Waals surface area (Å²) in [7, 11) is 0. The summed E-state index contributed by atoms with van der Waals surface area (Å²) in [4.78, 5) is 27.4. The van der Waals surface area contributed by atoms with Crippen LogP contribution in [-0.4, -0.2) is 29.4 Å². The summed E-state index contributed by atoms with van der Waals surface area (Å²) in [6, 6.07) is 1.89. The quantitative estimate of drug-likeness (QED) is 0.852. The zero-order valence-electron chi connectivity index (χ0n) is 14.9. The highest BCUT2D eigenvalue weighted by molar-refractivity contribution is 5.61. The van der Waals surface area contributed by atoms with Gasteiger partial charge in [0, 0.05) is 24.3 Å². The van der Waals surface area contributed by atoms with Gasteiger partial charge < -0.3 is 9.88 Å². The van der Waals surface area contributed by atoms with E-state index in [1.807, 2.05) is 33.8 Å². The first-order valence-electron chi connectivity index (χ1n) is 8.41. The summed E-state index contributed by atoms with van der Waals surface area (Å²) in [5.41, 5.74) is 2.31. The fourth-order valence-corrected chi connectivity index (χ4v) is 2.53. The number of nitrogens with zero attached hydrogens (tertiary/aromatic N) is 1. The van der Waals surface area contributed by atoms with Crippen LogP contribution in [0.1, 0.15) is 63.3 Å². The number of hydrogen-bond donors (Lipinski definition) is 1. The molecule has 128 valence electrons. The molecule has 0 aromatic carbocycles. The highest BCUT2D eigenvalue weighted by atomic mass is 16.1. The number of aromatic amines is 1. The van der Waals surface area contributed by atoms with Gasteiger partial charge in [-0.05, 0) is 36.5 Å². The summed E-state index contributed by atoms with van der Waals surface area (Å²) >= 11 is 0. The van der Waals surface area contributed by atoms with Crippen LogP contribution in [-0.2, 0) is 4.79 Å². The number of carbonyl (C=O) groups excluding carboxylic acids is 1. The van der Waals surface area contributed by atoms with Crippen molar-refractivity contribution in [3.8, 4) is 0 Å². The van der Waals surface area contributed by atoms with Crippen LogP contribution < -0.4 is 5.56 Å². The van der Waals surface area contributed by atoms with Crippen molar-refractivity contribution >= 4 is 18.6 Å². The lowest BCUT2D eigenvalue weighted by atomic mass is 9.89. The second kappa shape index (κ2) is 11.5. The molecule has 0 saturated carbocycles. The van der Waals surface area contributed by atoms with Crippen LogP contribution in [0.4, 0.5) is 0 Å². The monoisotopic (exact) mass is 318 g/mol. The number of aromatic nitrogens is 1. The number of carbonyl (C=O) groups is 1. The molecule has 23 heavy (non-hydrogen) atoms. The fourth-order valence-electron chi connectivity index (χ4n) is 2.53. The molecular formula is C19H30N2O2. The molecule has 1 fully saturated rings. The molecule has 1 aromatic rings. The zero-order chi connectivity index (χ0) is 17.8. The molecule has 0 bridgehead atoms. The van der Waals surface area contributed by atoms with Gasteiger partial charge in [0.25, 0.3) is 5.56 Å². The molecule has 1 N–H and O–H groups in total. The lowest BCUT2D eigenvalue weighted by Gasteiger charge is -2.29. The van der Waals surface area contributed by atoms with Crippen LogP contribution in [0.3, 0.4) is 0 Å². The third kappa shape index (κ3) is 5.55. The van der Waals surface area contributed by atoms with Crippen LogP contribution in [0.2, 0.25) is 0 Å². The number of nitrogens with one attached hydrogen (secondary N) is 1. The number of hydrogen-bond acceptors (Lipinski definition) is 2. The second-order valence-corrected chi connectivity index (χ2v) is 4.75. The highest BCUT2D eigenvalue weighted by Crippen LogP contribution is 2.26. The minimum Gasteiger partial charge on any atom is -0.345 e. The third-order valence-electron chi connectivity index (χ3n) is 3.67. The Kier molecular flexibility index (Phi) is 10.4. The first-order valence-corrected chi connectivity index (χ1v) is 8.41. The molecule has 1 aromatic heterocycles. The fraction of sp³-hybridized carbons (Fsp3) is 0.474. The maximum Gasteiger partial charge on any atom is 0.251 e. The molecule has 2 heterocycles. The maximum absolute atomic E-state index is 12.1. The Bertz CT molecular complexity index is 553. The van der Waals surface area contributed by atoms with Gasteiger partial charge in [-0.2, -0.15) is 0 Å². The van der Waals surface area contributed by atoms with Crippen molar-refractivity contribution in [3.63, 3.8) is 0 Å². The standard InChI is InChI=1S/C15H18N2O2.2C2H6/c1-3-11-9-13(15(19)16-14(11)4-2)12-5-7-17(10-18)8-6-12;2*1-2/h3-4,9-10,12H,1-2,5-8H2,(H,16,19);2*1-2H3. The van der Waals surface area contributed by atoms with Crippen molar-refractivity contribution in [1.29, 1.82) is 0 Å². The Morgan fingerprint density at radius 2 is 1.70 bits per heavy atom. The van der Waals surface area contributed by atoms with Gasteiger partial charge in [-0.1, -0.05) is 46.9 Å². The largest absolute Gasteiger partial charge is 0.345 e. The Morgan fingerprint density at radius 1 is 1.13 bits per heavy atom. The van der Waals surface area contributed by atoms with Crippen LogP contribution in [0, 0.1) is 0 Å². The van der Waals surface area contributed by atoms with Gasteiger partial charge in [0.15, 0.2) is 0 Å². The molecule has 0 radical (unpaired) electrons. The molecule has 4 heteroatoms. The summed E-state index contributed by atoms with van der Waals surface area (Å²) in [6.07, 6.45) is 5.86. The van der Waals surface area contributed by atoms with E-state index in [-0.39, 0.29) is 11.5 Å². The zero-order valence-corrected chi connectivity index (χ0v) is 14.9. The van der Waals surface area contributed by atoms with E-state index in [9.17, 15) is 9.59 Å². The summed E-state index contributed by atoms with van der Waals surface area (Å²) < 4.78 is 0. The lowest BCUT2D eigenvalue weighted by molar-refractivity contribution is -0.119. The van der Waals surface area contributed by atoms with Crippen molar-refractivity contribution in [2.75, 3.05) is 13.1 Å². The van der Waals surface area contributed by atoms with Crippen molar-refractivity contribution < 1.29 is 4.79 Å². The SMILES string of the molecule is C=Cc1cc(C2CCN(C=O)CC2)c(=O)[nH]c1C=C.CC.CC. The molecule has 0 spiro atoms. The van der Waals surface area contributed by atoms with Crippen LogP contribution in [0.25, 0.3) is 12.2 Å². The van der Waals surface area contributed by atoms with Gasteiger partial charge in [0.05, 0.1) is 0 Å². The van der Waals surface area contributed by atoms with E-state index in [1.54, 1.807) is 17.1 Å². The highest BCUT2D eigenvalue weighted by Gasteiger charge is 2.22. The molecule has 1 aliphatic rings. The minimum atomic E-state index is -0.0648. The topological polar surface area (TPSA) is 53.2 Å². The molecule has 1 aliphatic heterocycles. The molecule has 0 atom stereocenters. The van der Waals surface area contributed by atoms with E-state index >= 15 is 0 Å². The average molecular weight is 318 g/mol. The number of rotatable bonds is 4. The number of amides is 1.